The number of benzene rings is 2. The molecule has 0 saturated heterocycles. The molecule has 0 amide bonds. The van der Waals surface area contributed by atoms with Crippen LogP contribution in [0, 0.1) is 17.1 Å². The number of hydrogen-bond acceptors (Lipinski definition) is 5. The highest BCUT2D eigenvalue weighted by atomic mass is 19.1. The topological polar surface area (TPSA) is 72.8 Å². The standard InChI is InChI=1S/C18H23N5.C6H5F/c1-20-18-17(4-2-11-23-18)22-12-3-10-21-13-9-15-5-7-16(14-19)8-6-15;7-6-4-2-1-3-5-6/h2,4-8,11,21-22H,3,9-10,12-13H2,1H3,(H,20,23);1-5H. The van der Waals surface area contributed by atoms with E-state index in [0.717, 1.165) is 44.0 Å². The average molecular weight is 406 g/mol. The average Bonchev–Trinajstić information content (AvgIpc) is 2.80. The van der Waals surface area contributed by atoms with E-state index in [0.29, 0.717) is 5.56 Å². The van der Waals surface area contributed by atoms with Gasteiger partial charge in [-0.1, -0.05) is 30.3 Å². The minimum absolute atomic E-state index is 0.178. The molecule has 0 atom stereocenters. The first-order valence-electron chi connectivity index (χ1n) is 10.00. The molecule has 3 aromatic rings. The minimum Gasteiger partial charge on any atom is -0.382 e. The first-order valence-corrected chi connectivity index (χ1v) is 10.00. The molecule has 0 radical (unpaired) electrons. The summed E-state index contributed by atoms with van der Waals surface area (Å²) in [6.45, 7) is 2.82. The number of halogens is 1. The first-order chi connectivity index (χ1) is 14.7. The maximum atomic E-state index is 11.9. The number of anilines is 2. The molecule has 0 aliphatic carbocycles. The van der Waals surface area contributed by atoms with Crippen LogP contribution in [0.5, 0.6) is 0 Å². The van der Waals surface area contributed by atoms with E-state index in [1.54, 1.807) is 24.4 Å². The summed E-state index contributed by atoms with van der Waals surface area (Å²) in [6, 6.07) is 21.8. The van der Waals surface area contributed by atoms with E-state index in [1.807, 2.05) is 43.4 Å². The summed E-state index contributed by atoms with van der Waals surface area (Å²) in [6.07, 6.45) is 3.80. The Balaban J connectivity index is 0.000000386. The van der Waals surface area contributed by atoms with Gasteiger partial charge in [0, 0.05) is 19.8 Å². The van der Waals surface area contributed by atoms with E-state index in [2.05, 4.69) is 27.0 Å². The molecule has 0 unspecified atom stereocenters. The van der Waals surface area contributed by atoms with Gasteiger partial charge in [-0.15, -0.1) is 0 Å². The molecule has 0 fully saturated rings. The van der Waals surface area contributed by atoms with Crippen LogP contribution in [0.4, 0.5) is 15.9 Å². The number of aromatic nitrogens is 1. The third-order valence-corrected chi connectivity index (χ3v) is 4.30. The molecule has 30 heavy (non-hydrogen) atoms. The Kier molecular flexibility index (Phi) is 10.4. The van der Waals surface area contributed by atoms with Crippen molar-refractivity contribution in [1.82, 2.24) is 10.3 Å². The van der Waals surface area contributed by atoms with Crippen LogP contribution in [0.1, 0.15) is 17.5 Å². The van der Waals surface area contributed by atoms with Gasteiger partial charge >= 0.3 is 0 Å². The van der Waals surface area contributed by atoms with Crippen molar-refractivity contribution in [2.45, 2.75) is 12.8 Å². The monoisotopic (exact) mass is 405 g/mol. The van der Waals surface area contributed by atoms with Gasteiger partial charge in [0.15, 0.2) is 0 Å². The maximum Gasteiger partial charge on any atom is 0.149 e. The smallest absolute Gasteiger partial charge is 0.149 e. The lowest BCUT2D eigenvalue weighted by molar-refractivity contribution is 0.628. The highest BCUT2D eigenvalue weighted by Crippen LogP contribution is 2.16. The largest absolute Gasteiger partial charge is 0.382 e. The molecule has 3 N–H and O–H groups in total. The van der Waals surface area contributed by atoms with Crippen LogP contribution >= 0.6 is 0 Å². The van der Waals surface area contributed by atoms with Gasteiger partial charge in [0.2, 0.25) is 0 Å². The molecule has 0 aliphatic rings. The van der Waals surface area contributed by atoms with Crippen LogP contribution < -0.4 is 16.0 Å². The van der Waals surface area contributed by atoms with Crippen molar-refractivity contribution in [3.05, 3.63) is 89.9 Å². The van der Waals surface area contributed by atoms with Gasteiger partial charge in [-0.05, 0) is 67.9 Å². The Morgan fingerprint density at radius 1 is 0.933 bits per heavy atom. The van der Waals surface area contributed by atoms with Gasteiger partial charge in [-0.3, -0.25) is 0 Å². The van der Waals surface area contributed by atoms with E-state index < -0.39 is 0 Å². The SMILES string of the molecule is CNc1ncccc1NCCCNCCc1ccc(C#N)cc1.Fc1ccccc1. The molecule has 0 bridgehead atoms. The van der Waals surface area contributed by atoms with Crippen molar-refractivity contribution in [3.8, 4) is 6.07 Å². The molecule has 0 saturated carbocycles. The van der Waals surface area contributed by atoms with E-state index >= 15 is 0 Å². The Hall–Kier alpha value is -3.43. The fourth-order valence-electron chi connectivity index (χ4n) is 2.70. The number of nitrogens with one attached hydrogen (secondary N) is 3. The normalized spacial score (nSPS) is 9.77. The third-order valence-electron chi connectivity index (χ3n) is 4.30. The summed E-state index contributed by atoms with van der Waals surface area (Å²) in [4.78, 5) is 4.26. The highest BCUT2D eigenvalue weighted by Gasteiger charge is 1.99. The Labute approximate surface area is 178 Å². The second-order valence-electron chi connectivity index (χ2n) is 6.53. The van der Waals surface area contributed by atoms with Crippen LogP contribution in [-0.2, 0) is 6.42 Å². The van der Waals surface area contributed by atoms with Crippen molar-refractivity contribution in [2.24, 2.45) is 0 Å². The maximum absolute atomic E-state index is 11.9. The zero-order valence-electron chi connectivity index (χ0n) is 17.2. The van der Waals surface area contributed by atoms with Crippen molar-refractivity contribution in [2.75, 3.05) is 37.3 Å². The van der Waals surface area contributed by atoms with E-state index in [1.165, 1.54) is 17.7 Å². The molecule has 1 aromatic heterocycles. The summed E-state index contributed by atoms with van der Waals surface area (Å²) in [5, 5.41) is 18.7. The quantitative estimate of drug-likeness (QED) is 0.459. The van der Waals surface area contributed by atoms with Crippen molar-refractivity contribution >= 4 is 11.5 Å². The van der Waals surface area contributed by atoms with E-state index in [-0.39, 0.29) is 5.82 Å². The summed E-state index contributed by atoms with van der Waals surface area (Å²) >= 11 is 0. The number of pyridine rings is 1. The molecule has 1 heterocycles. The Bertz CT molecular complexity index is 891. The van der Waals surface area contributed by atoms with Crippen LogP contribution in [0.2, 0.25) is 0 Å². The van der Waals surface area contributed by atoms with Gasteiger partial charge in [0.25, 0.3) is 0 Å². The van der Waals surface area contributed by atoms with Crippen molar-refractivity contribution in [1.29, 1.82) is 5.26 Å². The molecule has 5 nitrogen and oxygen atoms in total. The molecule has 3 rings (SSSR count). The zero-order valence-corrected chi connectivity index (χ0v) is 17.2. The molecule has 0 aliphatic heterocycles. The predicted molar refractivity (Wildman–Crippen MR) is 121 cm³/mol. The van der Waals surface area contributed by atoms with Crippen LogP contribution in [0.15, 0.2) is 72.9 Å². The number of rotatable bonds is 9. The van der Waals surface area contributed by atoms with Crippen LogP contribution in [-0.4, -0.2) is 31.7 Å². The van der Waals surface area contributed by atoms with Crippen LogP contribution in [0.3, 0.4) is 0 Å². The lowest BCUT2D eigenvalue weighted by Gasteiger charge is -2.10. The van der Waals surface area contributed by atoms with Gasteiger partial charge in [-0.2, -0.15) is 5.26 Å². The second-order valence-corrected chi connectivity index (χ2v) is 6.53. The molecule has 0 spiro atoms. The summed E-state index contributed by atoms with van der Waals surface area (Å²) in [7, 11) is 1.87. The van der Waals surface area contributed by atoms with Gasteiger partial charge < -0.3 is 16.0 Å². The summed E-state index contributed by atoms with van der Waals surface area (Å²) in [5.74, 6) is 0.698. The summed E-state index contributed by atoms with van der Waals surface area (Å²) < 4.78 is 11.9. The number of nitriles is 1. The highest BCUT2D eigenvalue weighted by molar-refractivity contribution is 5.63. The first kappa shape index (κ1) is 22.9. The second kappa shape index (κ2) is 13.7. The third kappa shape index (κ3) is 8.72. The fourth-order valence-corrected chi connectivity index (χ4v) is 2.70. The number of nitrogens with zero attached hydrogens (tertiary/aromatic N) is 2. The summed E-state index contributed by atoms with van der Waals surface area (Å²) in [5.41, 5.74) is 3.00. The van der Waals surface area contributed by atoms with Gasteiger partial charge in [-0.25, -0.2) is 9.37 Å². The van der Waals surface area contributed by atoms with E-state index in [9.17, 15) is 4.39 Å². The molecule has 2 aromatic carbocycles. The lowest BCUT2D eigenvalue weighted by Crippen LogP contribution is -2.20. The van der Waals surface area contributed by atoms with Crippen molar-refractivity contribution < 1.29 is 4.39 Å². The van der Waals surface area contributed by atoms with Crippen LogP contribution in [0.25, 0.3) is 0 Å². The Morgan fingerprint density at radius 2 is 1.70 bits per heavy atom. The Morgan fingerprint density at radius 3 is 2.33 bits per heavy atom. The lowest BCUT2D eigenvalue weighted by atomic mass is 10.1. The number of hydrogen-bond donors (Lipinski definition) is 3. The molecular weight excluding hydrogens is 377 g/mol. The molecule has 6 heteroatoms. The van der Waals surface area contributed by atoms with Gasteiger partial charge in [0.05, 0.1) is 17.3 Å². The minimum atomic E-state index is -0.178. The molecular formula is C24H28FN5. The molecule has 156 valence electrons. The van der Waals surface area contributed by atoms with Crippen molar-refractivity contribution in [3.63, 3.8) is 0 Å². The van der Waals surface area contributed by atoms with E-state index in [4.69, 9.17) is 5.26 Å². The fraction of sp³-hybridized carbons (Fsp3) is 0.250. The zero-order chi connectivity index (χ0) is 21.4. The van der Waals surface area contributed by atoms with Gasteiger partial charge in [0.1, 0.15) is 11.6 Å². The predicted octanol–water partition coefficient (Wildman–Crippen LogP) is 4.45.